The highest BCUT2D eigenvalue weighted by Crippen LogP contribution is 2.16. The van der Waals surface area contributed by atoms with Gasteiger partial charge in [-0.1, -0.05) is 6.58 Å². The Bertz CT molecular complexity index is 412. The van der Waals surface area contributed by atoms with Gasteiger partial charge in [0.1, 0.15) is 12.7 Å². The van der Waals surface area contributed by atoms with E-state index in [-0.39, 0.29) is 44.2 Å². The quantitative estimate of drug-likeness (QED) is 0.363. The van der Waals surface area contributed by atoms with Gasteiger partial charge in [0.2, 0.25) is 0 Å². The summed E-state index contributed by atoms with van der Waals surface area (Å²) in [6, 6.07) is 0. The minimum absolute atomic E-state index is 0.0189. The molecule has 1 saturated heterocycles. The molecule has 1 aliphatic rings. The first kappa shape index (κ1) is 17.2. The van der Waals surface area contributed by atoms with Crippen LogP contribution in [0.15, 0.2) is 12.2 Å². The van der Waals surface area contributed by atoms with E-state index in [1.807, 2.05) is 0 Å². The monoisotopic (exact) mass is 300 g/mol. The molecule has 0 amide bonds. The van der Waals surface area contributed by atoms with Gasteiger partial charge in [0.05, 0.1) is 19.1 Å². The zero-order chi connectivity index (χ0) is 15.8. The number of ether oxygens (including phenoxy) is 3. The first-order valence-corrected chi connectivity index (χ1v) is 6.72. The van der Waals surface area contributed by atoms with Gasteiger partial charge < -0.3 is 19.3 Å². The molecule has 1 N–H and O–H groups in total. The molecule has 1 aliphatic heterocycles. The zero-order valence-electron chi connectivity index (χ0n) is 12.0. The molecule has 2 atom stereocenters. The summed E-state index contributed by atoms with van der Waals surface area (Å²) >= 11 is 0. The molecule has 0 saturated carbocycles. The molecule has 7 nitrogen and oxygen atoms in total. The molecule has 0 aliphatic carbocycles. The van der Waals surface area contributed by atoms with Gasteiger partial charge in [-0.15, -0.1) is 0 Å². The van der Waals surface area contributed by atoms with Crippen molar-refractivity contribution < 1.29 is 33.7 Å². The molecule has 1 heterocycles. The third kappa shape index (κ3) is 7.45. The van der Waals surface area contributed by atoms with E-state index in [0.717, 1.165) is 0 Å². The number of carboxylic acids is 1. The molecule has 0 aromatic rings. The Balaban J connectivity index is 2.37. The van der Waals surface area contributed by atoms with E-state index in [2.05, 4.69) is 6.58 Å². The molecule has 0 radical (unpaired) electrons. The highest BCUT2D eigenvalue weighted by molar-refractivity contribution is 5.86. The van der Waals surface area contributed by atoms with Crippen LogP contribution in [0.5, 0.6) is 0 Å². The SMILES string of the molecule is C=C(C)C(=O)OCCC(CCC(=O)O)C(=O)OCC1CO1. The molecule has 0 bridgehead atoms. The van der Waals surface area contributed by atoms with Crippen molar-refractivity contribution in [2.45, 2.75) is 32.3 Å². The number of aliphatic carboxylic acids is 1. The molecule has 0 aromatic heterocycles. The number of esters is 2. The highest BCUT2D eigenvalue weighted by Gasteiger charge is 2.27. The van der Waals surface area contributed by atoms with Crippen LogP contribution in [0.25, 0.3) is 0 Å². The molecule has 0 spiro atoms. The molecule has 7 heteroatoms. The summed E-state index contributed by atoms with van der Waals surface area (Å²) in [5.41, 5.74) is 0.269. The van der Waals surface area contributed by atoms with E-state index < -0.39 is 23.8 Å². The minimum Gasteiger partial charge on any atom is -0.481 e. The van der Waals surface area contributed by atoms with Gasteiger partial charge in [-0.3, -0.25) is 9.59 Å². The Labute approximate surface area is 122 Å². The first-order valence-electron chi connectivity index (χ1n) is 6.72. The molecule has 0 aromatic carbocycles. The lowest BCUT2D eigenvalue weighted by Crippen LogP contribution is -2.23. The van der Waals surface area contributed by atoms with E-state index in [4.69, 9.17) is 19.3 Å². The van der Waals surface area contributed by atoms with Crippen molar-refractivity contribution >= 4 is 17.9 Å². The van der Waals surface area contributed by atoms with Crippen molar-refractivity contribution in [3.05, 3.63) is 12.2 Å². The molecule has 118 valence electrons. The Morgan fingerprint density at radius 1 is 1.33 bits per heavy atom. The van der Waals surface area contributed by atoms with E-state index in [0.29, 0.717) is 6.61 Å². The molecule has 2 unspecified atom stereocenters. The fourth-order valence-corrected chi connectivity index (χ4v) is 1.55. The van der Waals surface area contributed by atoms with E-state index in [1.165, 1.54) is 6.92 Å². The zero-order valence-corrected chi connectivity index (χ0v) is 12.0. The fraction of sp³-hybridized carbons (Fsp3) is 0.643. The third-order valence-corrected chi connectivity index (χ3v) is 2.90. The first-order chi connectivity index (χ1) is 9.90. The summed E-state index contributed by atoms with van der Waals surface area (Å²) in [6.45, 7) is 5.73. The number of rotatable bonds is 10. The number of epoxide rings is 1. The molecular formula is C14H20O7. The second-order valence-corrected chi connectivity index (χ2v) is 4.92. The van der Waals surface area contributed by atoms with Crippen LogP contribution in [-0.4, -0.2) is 48.9 Å². The van der Waals surface area contributed by atoms with E-state index >= 15 is 0 Å². The van der Waals surface area contributed by atoms with Gasteiger partial charge in [-0.2, -0.15) is 0 Å². The Kier molecular flexibility index (Phi) is 6.87. The predicted octanol–water partition coefficient (Wildman–Crippen LogP) is 0.919. The van der Waals surface area contributed by atoms with Crippen LogP contribution >= 0.6 is 0 Å². The van der Waals surface area contributed by atoms with Crippen LogP contribution < -0.4 is 0 Å². The normalized spacial score (nSPS) is 17.7. The van der Waals surface area contributed by atoms with E-state index in [9.17, 15) is 14.4 Å². The Morgan fingerprint density at radius 3 is 2.52 bits per heavy atom. The second-order valence-electron chi connectivity index (χ2n) is 4.92. The maximum atomic E-state index is 11.9. The number of hydrogen-bond donors (Lipinski definition) is 1. The topological polar surface area (TPSA) is 102 Å². The average Bonchev–Trinajstić information content (AvgIpc) is 3.23. The summed E-state index contributed by atoms with van der Waals surface area (Å²) in [6.07, 6.45) is 0.171. The van der Waals surface area contributed by atoms with Crippen molar-refractivity contribution in [1.29, 1.82) is 0 Å². The molecule has 1 fully saturated rings. The minimum atomic E-state index is -0.989. The highest BCUT2D eigenvalue weighted by atomic mass is 16.6. The lowest BCUT2D eigenvalue weighted by molar-refractivity contribution is -0.152. The van der Waals surface area contributed by atoms with Crippen molar-refractivity contribution in [1.82, 2.24) is 0 Å². The predicted molar refractivity (Wildman–Crippen MR) is 71.4 cm³/mol. The largest absolute Gasteiger partial charge is 0.481 e. The van der Waals surface area contributed by atoms with Crippen molar-refractivity contribution in [3.63, 3.8) is 0 Å². The van der Waals surface area contributed by atoms with Gasteiger partial charge in [0, 0.05) is 12.0 Å². The van der Waals surface area contributed by atoms with Crippen LogP contribution in [0.4, 0.5) is 0 Å². The summed E-state index contributed by atoms with van der Waals surface area (Å²) in [5.74, 6) is -2.63. The van der Waals surface area contributed by atoms with Crippen LogP contribution in [0.1, 0.15) is 26.2 Å². The van der Waals surface area contributed by atoms with Gasteiger partial charge in [-0.05, 0) is 19.8 Å². The molecular weight excluding hydrogens is 280 g/mol. The number of carbonyl (C=O) groups is 3. The summed E-state index contributed by atoms with van der Waals surface area (Å²) in [4.78, 5) is 33.7. The van der Waals surface area contributed by atoms with Crippen LogP contribution in [0.2, 0.25) is 0 Å². The van der Waals surface area contributed by atoms with Crippen LogP contribution in [0.3, 0.4) is 0 Å². The number of carboxylic acid groups (broad SMARTS) is 1. The van der Waals surface area contributed by atoms with Gasteiger partial charge >= 0.3 is 17.9 Å². The van der Waals surface area contributed by atoms with Crippen LogP contribution in [0, 0.1) is 5.92 Å². The smallest absolute Gasteiger partial charge is 0.333 e. The second kappa shape index (κ2) is 8.41. The van der Waals surface area contributed by atoms with Gasteiger partial charge in [0.25, 0.3) is 0 Å². The lowest BCUT2D eigenvalue weighted by atomic mass is 10.00. The number of hydrogen-bond acceptors (Lipinski definition) is 6. The standard InChI is InChI=1S/C14H20O7/c1-9(2)13(17)19-6-5-10(3-4-12(15)16)14(18)21-8-11-7-20-11/h10-11H,1,3-8H2,2H3,(H,15,16). The lowest BCUT2D eigenvalue weighted by Gasteiger charge is -2.15. The van der Waals surface area contributed by atoms with Crippen molar-refractivity contribution in [2.24, 2.45) is 5.92 Å². The van der Waals surface area contributed by atoms with Crippen molar-refractivity contribution in [3.8, 4) is 0 Å². The molecule has 21 heavy (non-hydrogen) atoms. The number of carbonyl (C=O) groups excluding carboxylic acids is 2. The summed E-state index contributed by atoms with van der Waals surface area (Å²) < 4.78 is 14.9. The summed E-state index contributed by atoms with van der Waals surface area (Å²) in [5, 5.41) is 8.69. The Hall–Kier alpha value is -1.89. The summed E-state index contributed by atoms with van der Waals surface area (Å²) in [7, 11) is 0. The fourth-order valence-electron chi connectivity index (χ4n) is 1.55. The third-order valence-electron chi connectivity index (χ3n) is 2.90. The van der Waals surface area contributed by atoms with Crippen molar-refractivity contribution in [2.75, 3.05) is 19.8 Å². The van der Waals surface area contributed by atoms with Gasteiger partial charge in [0.15, 0.2) is 0 Å². The Morgan fingerprint density at radius 2 is 2.00 bits per heavy atom. The maximum Gasteiger partial charge on any atom is 0.333 e. The average molecular weight is 300 g/mol. The van der Waals surface area contributed by atoms with Crippen LogP contribution in [-0.2, 0) is 28.6 Å². The molecule has 1 rings (SSSR count). The van der Waals surface area contributed by atoms with Gasteiger partial charge in [-0.25, -0.2) is 4.79 Å². The van der Waals surface area contributed by atoms with E-state index in [1.54, 1.807) is 0 Å². The maximum absolute atomic E-state index is 11.9.